The Bertz CT molecular complexity index is 1540. The van der Waals surface area contributed by atoms with Gasteiger partial charge in [-0.2, -0.15) is 0 Å². The average molecular weight is 566 g/mol. The number of halogens is 3. The zero-order chi connectivity index (χ0) is 26.2. The molecule has 0 saturated carbocycles. The highest BCUT2D eigenvalue weighted by atomic mass is 35.5. The van der Waals surface area contributed by atoms with Gasteiger partial charge in [-0.25, -0.2) is 18.5 Å². The second-order valence-corrected chi connectivity index (χ2v) is 10.2. The van der Waals surface area contributed by atoms with Gasteiger partial charge in [-0.15, -0.1) is 0 Å². The summed E-state index contributed by atoms with van der Waals surface area (Å²) in [6, 6.07) is 15.7. The Hall–Kier alpha value is -3.41. The first kappa shape index (κ1) is 25.7. The number of carbonyl (C=O) groups excluding carboxylic acids is 3. The number of hydrogen-bond donors (Lipinski definition) is 3. The second kappa shape index (κ2) is 9.92. The minimum Gasteiger partial charge on any atom is -0.350 e. The zero-order valence-electron chi connectivity index (χ0n) is 18.0. The van der Waals surface area contributed by atoms with Gasteiger partial charge in [-0.3, -0.25) is 14.4 Å². The Morgan fingerprint density at radius 2 is 1.44 bits per heavy atom. The summed E-state index contributed by atoms with van der Waals surface area (Å²) in [5.41, 5.74) is 0.958. The molecule has 1 heterocycles. The third-order valence-corrected chi connectivity index (χ3v) is 6.87. The van der Waals surface area contributed by atoms with Gasteiger partial charge in [-0.1, -0.05) is 34.8 Å². The third kappa shape index (κ3) is 5.23. The first-order valence-electron chi connectivity index (χ1n) is 10.0. The maximum Gasteiger partial charge on any atom is 0.283 e. The van der Waals surface area contributed by atoms with E-state index < -0.39 is 27.7 Å². The lowest BCUT2D eigenvalue weighted by atomic mass is 10.2. The van der Waals surface area contributed by atoms with Crippen molar-refractivity contribution in [1.82, 2.24) is 0 Å². The summed E-state index contributed by atoms with van der Waals surface area (Å²) in [5, 5.41) is 10.6. The van der Waals surface area contributed by atoms with Gasteiger partial charge in [0.25, 0.3) is 17.7 Å². The van der Waals surface area contributed by atoms with E-state index in [1.54, 1.807) is 0 Å². The Labute approximate surface area is 220 Å². The molecule has 0 aliphatic carbocycles. The molecule has 0 bridgehead atoms. The van der Waals surface area contributed by atoms with Crippen LogP contribution in [0.25, 0.3) is 0 Å². The largest absolute Gasteiger partial charge is 0.350 e. The fourth-order valence-electron chi connectivity index (χ4n) is 3.27. The fourth-order valence-corrected chi connectivity index (χ4v) is 4.36. The number of primary sulfonamides is 1. The molecule has 0 saturated heterocycles. The Morgan fingerprint density at radius 1 is 0.833 bits per heavy atom. The van der Waals surface area contributed by atoms with Crippen molar-refractivity contribution in [2.24, 2.45) is 5.14 Å². The van der Waals surface area contributed by atoms with Gasteiger partial charge < -0.3 is 10.6 Å². The first-order valence-corrected chi connectivity index (χ1v) is 12.7. The van der Waals surface area contributed by atoms with E-state index in [2.05, 4.69) is 10.6 Å². The fraction of sp³-hybridized carbons (Fsp3) is 0. The Balaban J connectivity index is 1.47. The molecule has 3 aromatic rings. The standard InChI is InChI=1S/C23H15Cl3N4O5S/c24-13-3-10-17(25)18(11-13)30-22(32)19(26)20(23(30)33)28-14-4-1-12(2-5-14)21(31)29-15-6-8-16(9-7-15)36(27,34)35/h1-11,28H,(H,29,31)(H2,27,34,35). The zero-order valence-corrected chi connectivity index (χ0v) is 21.0. The van der Waals surface area contributed by atoms with Crippen LogP contribution >= 0.6 is 34.8 Å². The summed E-state index contributed by atoms with van der Waals surface area (Å²) in [6.07, 6.45) is 0. The van der Waals surface area contributed by atoms with Gasteiger partial charge in [-0.05, 0) is 66.7 Å². The number of hydrogen-bond acceptors (Lipinski definition) is 6. The molecule has 13 heteroatoms. The number of sulfonamides is 1. The predicted octanol–water partition coefficient (Wildman–Crippen LogP) is 4.33. The molecule has 9 nitrogen and oxygen atoms in total. The summed E-state index contributed by atoms with van der Waals surface area (Å²) >= 11 is 18.3. The molecule has 4 N–H and O–H groups in total. The van der Waals surface area contributed by atoms with Crippen molar-refractivity contribution in [2.75, 3.05) is 15.5 Å². The number of benzene rings is 3. The molecule has 0 unspecified atom stereocenters. The Morgan fingerprint density at radius 3 is 2.06 bits per heavy atom. The van der Waals surface area contributed by atoms with Crippen molar-refractivity contribution in [1.29, 1.82) is 0 Å². The number of imide groups is 1. The first-order chi connectivity index (χ1) is 17.0. The summed E-state index contributed by atoms with van der Waals surface area (Å²) in [5.74, 6) is -1.95. The van der Waals surface area contributed by atoms with Gasteiger partial charge in [0.05, 0.1) is 15.6 Å². The Kier molecular flexibility index (Phi) is 7.07. The monoisotopic (exact) mass is 564 g/mol. The topological polar surface area (TPSA) is 139 Å². The molecule has 0 spiro atoms. The maximum absolute atomic E-state index is 12.9. The van der Waals surface area contributed by atoms with E-state index in [1.165, 1.54) is 66.7 Å². The van der Waals surface area contributed by atoms with Crippen molar-refractivity contribution in [3.8, 4) is 0 Å². The lowest BCUT2D eigenvalue weighted by molar-refractivity contribution is -0.120. The van der Waals surface area contributed by atoms with E-state index in [1.807, 2.05) is 0 Å². The highest BCUT2D eigenvalue weighted by molar-refractivity contribution is 7.89. The van der Waals surface area contributed by atoms with Crippen LogP contribution in [0.4, 0.5) is 17.1 Å². The van der Waals surface area contributed by atoms with E-state index in [0.717, 1.165) is 4.90 Å². The quantitative estimate of drug-likeness (QED) is 0.380. The number of nitrogens with one attached hydrogen (secondary N) is 2. The molecule has 36 heavy (non-hydrogen) atoms. The molecular formula is C23H15Cl3N4O5S. The second-order valence-electron chi connectivity index (χ2n) is 7.46. The number of nitrogens with two attached hydrogens (primary N) is 1. The van der Waals surface area contributed by atoms with Crippen LogP contribution in [0.5, 0.6) is 0 Å². The number of carbonyl (C=O) groups is 3. The van der Waals surface area contributed by atoms with Crippen LogP contribution in [-0.4, -0.2) is 26.1 Å². The van der Waals surface area contributed by atoms with Crippen LogP contribution in [0, 0.1) is 0 Å². The van der Waals surface area contributed by atoms with Crippen molar-refractivity contribution in [3.63, 3.8) is 0 Å². The third-order valence-electron chi connectivity index (χ3n) is 5.03. The van der Waals surface area contributed by atoms with Crippen LogP contribution in [0.15, 0.2) is 82.4 Å². The van der Waals surface area contributed by atoms with Gasteiger partial charge in [0, 0.05) is 22.0 Å². The van der Waals surface area contributed by atoms with Gasteiger partial charge in [0.1, 0.15) is 10.7 Å². The molecule has 1 aliphatic heterocycles. The van der Waals surface area contributed by atoms with E-state index >= 15 is 0 Å². The van der Waals surface area contributed by atoms with E-state index in [4.69, 9.17) is 39.9 Å². The van der Waals surface area contributed by atoms with Gasteiger partial charge >= 0.3 is 0 Å². The summed E-state index contributed by atoms with van der Waals surface area (Å²) in [4.78, 5) is 38.9. The highest BCUT2D eigenvalue weighted by Gasteiger charge is 2.40. The molecule has 3 aromatic carbocycles. The van der Waals surface area contributed by atoms with Crippen molar-refractivity contribution in [2.45, 2.75) is 4.90 Å². The lowest BCUT2D eigenvalue weighted by Gasteiger charge is -2.17. The summed E-state index contributed by atoms with van der Waals surface area (Å²) in [7, 11) is -3.84. The number of rotatable bonds is 6. The number of amides is 3. The van der Waals surface area contributed by atoms with Crippen molar-refractivity contribution < 1.29 is 22.8 Å². The molecule has 3 amide bonds. The molecule has 0 atom stereocenters. The lowest BCUT2D eigenvalue weighted by Crippen LogP contribution is -2.32. The predicted molar refractivity (Wildman–Crippen MR) is 138 cm³/mol. The summed E-state index contributed by atoms with van der Waals surface area (Å²) in [6.45, 7) is 0. The van der Waals surface area contributed by atoms with Crippen molar-refractivity contribution in [3.05, 3.63) is 93.1 Å². The highest BCUT2D eigenvalue weighted by Crippen LogP contribution is 2.35. The van der Waals surface area contributed by atoms with E-state index in [9.17, 15) is 22.8 Å². The van der Waals surface area contributed by atoms with E-state index in [0.29, 0.717) is 11.4 Å². The minimum atomic E-state index is -3.84. The van der Waals surface area contributed by atoms with Crippen LogP contribution in [-0.2, 0) is 19.6 Å². The molecule has 0 radical (unpaired) electrons. The SMILES string of the molecule is NS(=O)(=O)c1ccc(NC(=O)c2ccc(NC3=C(Cl)C(=O)N(c4cc(Cl)ccc4Cl)C3=O)cc2)cc1. The maximum atomic E-state index is 12.9. The number of nitrogens with zero attached hydrogens (tertiary/aromatic N) is 1. The smallest absolute Gasteiger partial charge is 0.283 e. The molecule has 4 rings (SSSR count). The van der Waals surface area contributed by atoms with Crippen molar-refractivity contribution >= 4 is 79.6 Å². The summed E-state index contributed by atoms with van der Waals surface area (Å²) < 4.78 is 22.7. The average Bonchev–Trinajstić information content (AvgIpc) is 3.04. The molecule has 0 aromatic heterocycles. The van der Waals surface area contributed by atoms with E-state index in [-0.39, 0.29) is 36.9 Å². The number of anilines is 3. The molecular weight excluding hydrogens is 551 g/mol. The molecule has 1 aliphatic rings. The van der Waals surface area contributed by atoms with Gasteiger partial charge in [0.15, 0.2) is 0 Å². The van der Waals surface area contributed by atoms with Gasteiger partial charge in [0.2, 0.25) is 10.0 Å². The van der Waals surface area contributed by atoms with Crippen LogP contribution in [0.3, 0.4) is 0 Å². The molecule has 184 valence electrons. The molecule has 0 fully saturated rings. The normalized spacial score (nSPS) is 13.8. The van der Waals surface area contributed by atoms with Crippen LogP contribution in [0.2, 0.25) is 10.0 Å². The minimum absolute atomic E-state index is 0.0833. The van der Waals surface area contributed by atoms with Crippen LogP contribution < -0.4 is 20.7 Å². The van der Waals surface area contributed by atoms with Crippen LogP contribution in [0.1, 0.15) is 10.4 Å².